The third-order valence-corrected chi connectivity index (χ3v) is 5.98. The first-order valence-electron chi connectivity index (χ1n) is 10.7. The van der Waals surface area contributed by atoms with Crippen molar-refractivity contribution in [2.24, 2.45) is 11.8 Å². The molecule has 0 bridgehead atoms. The van der Waals surface area contributed by atoms with Crippen molar-refractivity contribution in [3.63, 3.8) is 0 Å². The first-order valence-corrected chi connectivity index (χ1v) is 10.7. The highest BCUT2D eigenvalue weighted by atomic mass is 16.6. The monoisotopic (exact) mass is 439 g/mol. The van der Waals surface area contributed by atoms with Crippen LogP contribution in [0.1, 0.15) is 46.0 Å². The second-order valence-corrected chi connectivity index (χ2v) is 8.44. The molecule has 3 aliphatic rings. The second kappa shape index (κ2) is 11.4. The standard InChI is InChI=1S/C18H29NO4.C4H4O4/c1-12-5-3-8-18(2)16(23-18)15-13(7-6-12)14(17(21)22-15)11-19-9-4-10-20;5-3(6)1-2-4(7)8/h5,13-16,19-20H,3-4,6-11H2,1-2H3;1-2H,(H,5,6)(H,7,8)/b12-5+;2-1+/t13-,14-,15-,16-,18+;/m0./s1. The lowest BCUT2D eigenvalue weighted by molar-refractivity contribution is -0.144. The molecule has 2 heterocycles. The Morgan fingerprint density at radius 2 is 1.97 bits per heavy atom. The van der Waals surface area contributed by atoms with Crippen LogP contribution in [-0.4, -0.2) is 70.7 Å². The van der Waals surface area contributed by atoms with Crippen molar-refractivity contribution >= 4 is 17.9 Å². The fourth-order valence-corrected chi connectivity index (χ4v) is 4.18. The molecule has 2 saturated heterocycles. The maximum atomic E-state index is 12.4. The quantitative estimate of drug-likeness (QED) is 0.152. The molecule has 0 saturated carbocycles. The van der Waals surface area contributed by atoms with Gasteiger partial charge in [0, 0.05) is 31.2 Å². The highest BCUT2D eigenvalue weighted by Crippen LogP contribution is 2.50. The molecule has 0 aromatic carbocycles. The Hall–Kier alpha value is -2.23. The molecular formula is C22H33NO8. The summed E-state index contributed by atoms with van der Waals surface area (Å²) in [5.41, 5.74) is 1.27. The van der Waals surface area contributed by atoms with Gasteiger partial charge in [-0.2, -0.15) is 0 Å². The topological polar surface area (TPSA) is 146 Å². The van der Waals surface area contributed by atoms with E-state index in [1.54, 1.807) is 0 Å². The lowest BCUT2D eigenvalue weighted by Crippen LogP contribution is -2.34. The van der Waals surface area contributed by atoms with Crippen LogP contribution < -0.4 is 5.32 Å². The highest BCUT2D eigenvalue weighted by molar-refractivity contribution is 5.89. The summed E-state index contributed by atoms with van der Waals surface area (Å²) in [7, 11) is 0. The van der Waals surface area contributed by atoms with Crippen molar-refractivity contribution in [1.29, 1.82) is 0 Å². The molecule has 0 radical (unpaired) electrons. The number of nitrogens with one attached hydrogen (secondary N) is 1. The fourth-order valence-electron chi connectivity index (χ4n) is 4.18. The van der Waals surface area contributed by atoms with Gasteiger partial charge in [0.05, 0.1) is 11.5 Å². The van der Waals surface area contributed by atoms with Crippen molar-refractivity contribution in [3.05, 3.63) is 23.8 Å². The number of epoxide rings is 1. The number of rotatable bonds is 7. The third-order valence-electron chi connectivity index (χ3n) is 5.98. The van der Waals surface area contributed by atoms with E-state index in [2.05, 4.69) is 25.2 Å². The van der Waals surface area contributed by atoms with Crippen LogP contribution in [-0.2, 0) is 23.9 Å². The van der Waals surface area contributed by atoms with Crippen LogP contribution in [0.25, 0.3) is 0 Å². The molecule has 174 valence electrons. The molecule has 9 nitrogen and oxygen atoms in total. The first-order chi connectivity index (χ1) is 14.7. The summed E-state index contributed by atoms with van der Waals surface area (Å²) in [4.78, 5) is 31.5. The summed E-state index contributed by atoms with van der Waals surface area (Å²) >= 11 is 0. The predicted octanol–water partition coefficient (Wildman–Crippen LogP) is 1.51. The largest absolute Gasteiger partial charge is 0.478 e. The number of carboxylic acid groups (broad SMARTS) is 2. The SMILES string of the molecule is C/C1=C\CC[C@@]2(C)O[C@H]2[C@H]2OC(=O)[C@@H](CNCCCO)[C@@H]2CC1.O=C(O)/C=C/C(=O)O. The maximum Gasteiger partial charge on any atom is 0.328 e. The Bertz CT molecular complexity index is 702. The van der Waals surface area contributed by atoms with Crippen molar-refractivity contribution < 1.29 is 39.2 Å². The highest BCUT2D eigenvalue weighted by Gasteiger charge is 2.62. The molecule has 0 aromatic heterocycles. The molecule has 9 heteroatoms. The van der Waals surface area contributed by atoms with Gasteiger partial charge >= 0.3 is 17.9 Å². The minimum Gasteiger partial charge on any atom is -0.478 e. The van der Waals surface area contributed by atoms with Crippen LogP contribution in [0.4, 0.5) is 0 Å². The summed E-state index contributed by atoms with van der Waals surface area (Å²) < 4.78 is 11.7. The minimum absolute atomic E-state index is 0.0608. The molecule has 4 N–H and O–H groups in total. The van der Waals surface area contributed by atoms with E-state index in [4.69, 9.17) is 24.8 Å². The average Bonchev–Trinajstić information content (AvgIpc) is 3.27. The average molecular weight is 440 g/mol. The van der Waals surface area contributed by atoms with Gasteiger partial charge in [-0.25, -0.2) is 9.59 Å². The van der Waals surface area contributed by atoms with Crippen LogP contribution in [0.15, 0.2) is 23.8 Å². The fraction of sp³-hybridized carbons (Fsp3) is 0.682. The van der Waals surface area contributed by atoms with Gasteiger partial charge < -0.3 is 30.1 Å². The third kappa shape index (κ3) is 7.45. The molecule has 2 fully saturated rings. The van der Waals surface area contributed by atoms with E-state index in [0.29, 0.717) is 25.1 Å². The molecule has 5 atom stereocenters. The molecular weight excluding hydrogens is 406 g/mol. The van der Waals surface area contributed by atoms with E-state index in [1.165, 1.54) is 5.57 Å². The second-order valence-electron chi connectivity index (χ2n) is 8.44. The number of allylic oxidation sites excluding steroid dienone is 2. The molecule has 0 spiro atoms. The zero-order valence-electron chi connectivity index (χ0n) is 18.1. The van der Waals surface area contributed by atoms with Crippen LogP contribution in [0.5, 0.6) is 0 Å². The Balaban J connectivity index is 0.000000366. The van der Waals surface area contributed by atoms with Gasteiger partial charge in [0.15, 0.2) is 0 Å². The number of aliphatic hydroxyl groups excluding tert-OH is 1. The van der Waals surface area contributed by atoms with E-state index < -0.39 is 11.9 Å². The van der Waals surface area contributed by atoms with Crippen molar-refractivity contribution in [2.45, 2.75) is 63.8 Å². The van der Waals surface area contributed by atoms with Crippen LogP contribution >= 0.6 is 0 Å². The van der Waals surface area contributed by atoms with Crippen molar-refractivity contribution in [1.82, 2.24) is 5.32 Å². The first kappa shape index (κ1) is 25.0. The molecule has 0 unspecified atom stereocenters. The van der Waals surface area contributed by atoms with E-state index >= 15 is 0 Å². The lowest BCUT2D eigenvalue weighted by Gasteiger charge is -2.22. The summed E-state index contributed by atoms with van der Waals surface area (Å²) in [6.07, 6.45) is 8.14. The summed E-state index contributed by atoms with van der Waals surface area (Å²) in [6, 6.07) is 0. The Morgan fingerprint density at radius 1 is 1.29 bits per heavy atom. The van der Waals surface area contributed by atoms with Crippen LogP contribution in [0, 0.1) is 11.8 Å². The van der Waals surface area contributed by atoms with Gasteiger partial charge in [0.2, 0.25) is 0 Å². The number of carbonyl (C=O) groups is 3. The Morgan fingerprint density at radius 3 is 2.58 bits per heavy atom. The van der Waals surface area contributed by atoms with Crippen molar-refractivity contribution in [3.8, 4) is 0 Å². The van der Waals surface area contributed by atoms with Crippen molar-refractivity contribution in [2.75, 3.05) is 19.7 Å². The van der Waals surface area contributed by atoms with Gasteiger partial charge in [-0.1, -0.05) is 11.6 Å². The molecule has 1 aliphatic carbocycles. The number of aliphatic hydroxyl groups is 1. The van der Waals surface area contributed by atoms with Gasteiger partial charge in [-0.15, -0.1) is 0 Å². The maximum absolute atomic E-state index is 12.4. The zero-order valence-corrected chi connectivity index (χ0v) is 18.1. The Kier molecular flexibility index (Phi) is 9.21. The number of fused-ring (bicyclic) bond motifs is 3. The lowest BCUT2D eigenvalue weighted by atomic mass is 9.80. The number of ether oxygens (including phenoxy) is 2. The van der Waals surface area contributed by atoms with E-state index in [0.717, 1.165) is 32.2 Å². The van der Waals surface area contributed by atoms with Gasteiger partial charge in [-0.05, 0) is 52.5 Å². The summed E-state index contributed by atoms with van der Waals surface area (Å²) in [5.74, 6) is -2.48. The smallest absolute Gasteiger partial charge is 0.328 e. The summed E-state index contributed by atoms with van der Waals surface area (Å²) in [6.45, 7) is 5.85. The molecule has 0 amide bonds. The zero-order chi connectivity index (χ0) is 23.0. The molecule has 31 heavy (non-hydrogen) atoms. The predicted molar refractivity (Wildman–Crippen MR) is 111 cm³/mol. The minimum atomic E-state index is -1.26. The number of hydrogen-bond donors (Lipinski definition) is 4. The molecule has 3 rings (SSSR count). The van der Waals surface area contributed by atoms with Gasteiger partial charge in [0.1, 0.15) is 12.2 Å². The molecule has 0 aromatic rings. The Labute approximate surface area is 182 Å². The van der Waals surface area contributed by atoms with Crippen LogP contribution in [0.3, 0.4) is 0 Å². The van der Waals surface area contributed by atoms with Gasteiger partial charge in [-0.3, -0.25) is 4.79 Å². The van der Waals surface area contributed by atoms with E-state index in [1.807, 2.05) is 0 Å². The number of aliphatic carboxylic acids is 2. The van der Waals surface area contributed by atoms with E-state index in [9.17, 15) is 14.4 Å². The van der Waals surface area contributed by atoms with E-state index in [-0.39, 0.29) is 42.2 Å². The normalized spacial score (nSPS) is 33.8. The number of hydrogen-bond acceptors (Lipinski definition) is 7. The molecule has 2 aliphatic heterocycles. The number of esters is 1. The van der Waals surface area contributed by atoms with Crippen LogP contribution in [0.2, 0.25) is 0 Å². The number of carboxylic acids is 2. The van der Waals surface area contributed by atoms with Gasteiger partial charge in [0.25, 0.3) is 0 Å². The number of carbonyl (C=O) groups excluding carboxylic acids is 1. The summed E-state index contributed by atoms with van der Waals surface area (Å²) in [5, 5.41) is 27.8.